The van der Waals surface area contributed by atoms with Gasteiger partial charge in [-0.1, -0.05) is 6.08 Å². The molecule has 0 radical (unpaired) electrons. The maximum absolute atomic E-state index is 4.35. The molecule has 0 aromatic carbocycles. The van der Waals surface area contributed by atoms with Crippen molar-refractivity contribution < 1.29 is 0 Å². The zero-order chi connectivity index (χ0) is 12.0. The van der Waals surface area contributed by atoms with E-state index in [-0.39, 0.29) is 0 Å². The van der Waals surface area contributed by atoms with Crippen molar-refractivity contribution in [1.82, 2.24) is 15.1 Å². The lowest BCUT2D eigenvalue weighted by Gasteiger charge is -2.05. The molecule has 0 aliphatic heterocycles. The minimum atomic E-state index is 0.854. The van der Waals surface area contributed by atoms with Crippen LogP contribution in [0, 0.1) is 6.92 Å². The van der Waals surface area contributed by atoms with Crippen molar-refractivity contribution in [3.8, 4) is 0 Å². The van der Waals surface area contributed by atoms with Crippen LogP contribution in [-0.4, -0.2) is 27.8 Å². The molecule has 5 heteroatoms. The summed E-state index contributed by atoms with van der Waals surface area (Å²) in [7, 11) is 1.97. The van der Waals surface area contributed by atoms with E-state index in [1.165, 1.54) is 5.69 Å². The number of nitrogens with one attached hydrogen (secondary N) is 1. The van der Waals surface area contributed by atoms with E-state index in [1.54, 1.807) is 0 Å². The normalized spacial score (nSPS) is 10.7. The van der Waals surface area contributed by atoms with Crippen LogP contribution < -0.4 is 5.32 Å². The predicted octanol–water partition coefficient (Wildman–Crippen LogP) is 2.50. The minimum Gasteiger partial charge on any atom is -0.310 e. The topological polar surface area (TPSA) is 29.9 Å². The van der Waals surface area contributed by atoms with E-state index in [2.05, 4.69) is 32.9 Å². The molecule has 1 aromatic heterocycles. The van der Waals surface area contributed by atoms with Gasteiger partial charge in [0.1, 0.15) is 0 Å². The second-order valence-corrected chi connectivity index (χ2v) is 5.45. The Labute approximate surface area is 110 Å². The average molecular weight is 304 g/mol. The number of aryl methyl sites for hydroxylation is 2. The van der Waals surface area contributed by atoms with Crippen molar-refractivity contribution in [2.45, 2.75) is 13.5 Å². The van der Waals surface area contributed by atoms with E-state index in [4.69, 9.17) is 0 Å². The highest BCUT2D eigenvalue weighted by molar-refractivity contribution is 9.10. The van der Waals surface area contributed by atoms with Gasteiger partial charge in [0, 0.05) is 31.6 Å². The van der Waals surface area contributed by atoms with Gasteiger partial charge in [-0.15, -0.1) is 6.58 Å². The standard InChI is InChI=1S/C11H18BrN3S/c1-4-6-16-7-5-13-8-10-11(12)9(2)14-15(10)3/h4,13H,1,5-8H2,2-3H3. The lowest BCUT2D eigenvalue weighted by Crippen LogP contribution is -2.18. The Morgan fingerprint density at radius 1 is 1.62 bits per heavy atom. The van der Waals surface area contributed by atoms with Crippen molar-refractivity contribution in [3.05, 3.63) is 28.5 Å². The Kier molecular flexibility index (Phi) is 6.16. The molecule has 0 aliphatic carbocycles. The van der Waals surface area contributed by atoms with E-state index in [9.17, 15) is 0 Å². The first-order chi connectivity index (χ1) is 7.66. The van der Waals surface area contributed by atoms with E-state index < -0.39 is 0 Å². The first kappa shape index (κ1) is 13.8. The van der Waals surface area contributed by atoms with Crippen LogP contribution in [0.1, 0.15) is 11.4 Å². The summed E-state index contributed by atoms with van der Waals surface area (Å²) in [6, 6.07) is 0. The molecule has 0 atom stereocenters. The molecule has 0 amide bonds. The maximum Gasteiger partial charge on any atom is 0.0739 e. The van der Waals surface area contributed by atoms with Gasteiger partial charge in [0.05, 0.1) is 15.9 Å². The first-order valence-corrected chi connectivity index (χ1v) is 7.19. The van der Waals surface area contributed by atoms with Gasteiger partial charge in [-0.25, -0.2) is 0 Å². The molecule has 3 nitrogen and oxygen atoms in total. The van der Waals surface area contributed by atoms with Crippen LogP contribution in [-0.2, 0) is 13.6 Å². The lowest BCUT2D eigenvalue weighted by molar-refractivity contribution is 0.641. The molecule has 0 aliphatic rings. The highest BCUT2D eigenvalue weighted by Gasteiger charge is 2.09. The fourth-order valence-corrected chi connectivity index (χ4v) is 2.49. The molecule has 1 aromatic rings. The molecule has 1 heterocycles. The van der Waals surface area contributed by atoms with Crippen LogP contribution in [0.3, 0.4) is 0 Å². The van der Waals surface area contributed by atoms with E-state index >= 15 is 0 Å². The first-order valence-electron chi connectivity index (χ1n) is 5.24. The molecular weight excluding hydrogens is 286 g/mol. The van der Waals surface area contributed by atoms with Gasteiger partial charge in [-0.05, 0) is 22.9 Å². The molecule has 1 N–H and O–H groups in total. The number of hydrogen-bond donors (Lipinski definition) is 1. The van der Waals surface area contributed by atoms with Crippen LogP contribution >= 0.6 is 27.7 Å². The number of thioether (sulfide) groups is 1. The smallest absolute Gasteiger partial charge is 0.0739 e. The summed E-state index contributed by atoms with van der Waals surface area (Å²) in [5, 5.41) is 7.76. The Morgan fingerprint density at radius 2 is 2.38 bits per heavy atom. The Bertz CT molecular complexity index is 349. The predicted molar refractivity (Wildman–Crippen MR) is 74.9 cm³/mol. The van der Waals surface area contributed by atoms with Gasteiger partial charge in [-0.3, -0.25) is 4.68 Å². The number of halogens is 1. The molecule has 0 saturated heterocycles. The van der Waals surface area contributed by atoms with Crippen LogP contribution in [0.15, 0.2) is 17.1 Å². The van der Waals surface area contributed by atoms with Gasteiger partial charge in [0.25, 0.3) is 0 Å². The average Bonchev–Trinajstić information content (AvgIpc) is 2.49. The third-order valence-corrected chi connectivity index (χ3v) is 4.21. The number of rotatable bonds is 7. The summed E-state index contributed by atoms with van der Waals surface area (Å²) in [4.78, 5) is 0. The number of hydrogen-bond acceptors (Lipinski definition) is 3. The van der Waals surface area contributed by atoms with E-state index in [0.717, 1.165) is 34.8 Å². The van der Waals surface area contributed by atoms with Crippen molar-refractivity contribution >= 4 is 27.7 Å². The third kappa shape index (κ3) is 3.96. The zero-order valence-electron chi connectivity index (χ0n) is 9.79. The highest BCUT2D eigenvalue weighted by Crippen LogP contribution is 2.19. The van der Waals surface area contributed by atoms with Gasteiger partial charge >= 0.3 is 0 Å². The second-order valence-electron chi connectivity index (χ2n) is 3.51. The van der Waals surface area contributed by atoms with Gasteiger partial charge in [0.2, 0.25) is 0 Å². The SMILES string of the molecule is C=CCSCCNCc1c(Br)c(C)nn1C. The van der Waals surface area contributed by atoms with Crippen LogP contribution in [0.4, 0.5) is 0 Å². The van der Waals surface area contributed by atoms with Gasteiger partial charge < -0.3 is 5.32 Å². The third-order valence-electron chi connectivity index (χ3n) is 2.21. The van der Waals surface area contributed by atoms with Crippen molar-refractivity contribution in [1.29, 1.82) is 0 Å². The molecular formula is C11H18BrN3S. The molecule has 1 rings (SSSR count). The molecule has 0 bridgehead atoms. The highest BCUT2D eigenvalue weighted by atomic mass is 79.9. The Morgan fingerprint density at radius 3 is 2.94 bits per heavy atom. The summed E-state index contributed by atoms with van der Waals surface area (Å²) < 4.78 is 3.03. The summed E-state index contributed by atoms with van der Waals surface area (Å²) >= 11 is 5.44. The Hall–Kier alpha value is -0.260. The van der Waals surface area contributed by atoms with Crippen molar-refractivity contribution in [2.75, 3.05) is 18.1 Å². The minimum absolute atomic E-state index is 0.854. The number of nitrogens with zero attached hydrogens (tertiary/aromatic N) is 2. The van der Waals surface area contributed by atoms with Crippen LogP contribution in [0.2, 0.25) is 0 Å². The zero-order valence-corrected chi connectivity index (χ0v) is 12.2. The summed E-state index contributed by atoms with van der Waals surface area (Å²) in [5.74, 6) is 2.14. The molecule has 0 spiro atoms. The summed E-state index contributed by atoms with van der Waals surface area (Å²) in [6.45, 7) is 7.56. The summed E-state index contributed by atoms with van der Waals surface area (Å²) in [6.07, 6.45) is 1.94. The van der Waals surface area contributed by atoms with Crippen molar-refractivity contribution in [2.24, 2.45) is 7.05 Å². The van der Waals surface area contributed by atoms with Crippen LogP contribution in [0.5, 0.6) is 0 Å². The molecule has 90 valence electrons. The molecule has 16 heavy (non-hydrogen) atoms. The monoisotopic (exact) mass is 303 g/mol. The largest absolute Gasteiger partial charge is 0.310 e. The molecule has 0 saturated carbocycles. The lowest BCUT2D eigenvalue weighted by atomic mass is 10.3. The second kappa shape index (κ2) is 7.14. The van der Waals surface area contributed by atoms with E-state index in [1.807, 2.05) is 36.5 Å². The molecule has 0 unspecified atom stereocenters. The summed E-state index contributed by atoms with van der Waals surface area (Å²) in [5.41, 5.74) is 2.24. The maximum atomic E-state index is 4.35. The quantitative estimate of drug-likeness (QED) is 0.620. The van der Waals surface area contributed by atoms with Gasteiger partial charge in [0.15, 0.2) is 0 Å². The fourth-order valence-electron chi connectivity index (χ4n) is 1.39. The molecule has 0 fully saturated rings. The fraction of sp³-hybridized carbons (Fsp3) is 0.545. The van der Waals surface area contributed by atoms with E-state index in [0.29, 0.717) is 0 Å². The van der Waals surface area contributed by atoms with Crippen LogP contribution in [0.25, 0.3) is 0 Å². The van der Waals surface area contributed by atoms with Crippen molar-refractivity contribution in [3.63, 3.8) is 0 Å². The Balaban J connectivity index is 2.29. The number of aromatic nitrogens is 2. The van der Waals surface area contributed by atoms with Gasteiger partial charge in [-0.2, -0.15) is 16.9 Å².